The normalized spacial score (nSPS) is 29.8. The van der Waals surface area contributed by atoms with Crippen LogP contribution < -0.4 is 5.73 Å². The first-order valence-corrected chi connectivity index (χ1v) is 44.4. The van der Waals surface area contributed by atoms with E-state index >= 15 is 0 Å². The molecule has 3 aromatic rings. The molecule has 6 aliphatic carbocycles. The molecule has 11 fully saturated rings. The van der Waals surface area contributed by atoms with Crippen molar-refractivity contribution < 1.29 is 52.5 Å². The van der Waals surface area contributed by atoms with Gasteiger partial charge in [0.1, 0.15) is 0 Å². The lowest BCUT2D eigenvalue weighted by molar-refractivity contribution is -0.141. The third kappa shape index (κ3) is 16.9. The molecule has 5 aliphatic heterocycles. The zero-order chi connectivity index (χ0) is 80.2. The first-order valence-electron chi connectivity index (χ1n) is 41.4. The van der Waals surface area contributed by atoms with E-state index in [0.29, 0.717) is 65.2 Å². The van der Waals surface area contributed by atoms with Crippen LogP contribution in [0.5, 0.6) is 0 Å². The molecule has 11 aliphatic rings. The lowest BCUT2D eigenvalue weighted by Gasteiger charge is -2.52. The number of β-amino-alcohol motifs (C(OH)–C–C–N with tert-alkyl or cyclic N) is 3. The zero-order valence-corrected chi connectivity index (χ0v) is 70.6. The van der Waals surface area contributed by atoms with Crippen LogP contribution >= 0.6 is 11.8 Å². The molecule has 5 heterocycles. The fraction of sp³-hybridized carbons (Fsp3) is 0.721. The van der Waals surface area contributed by atoms with E-state index in [4.69, 9.17) is 5.73 Å². The first-order chi connectivity index (χ1) is 52.1. The van der Waals surface area contributed by atoms with E-state index in [2.05, 4.69) is 136 Å². The lowest BCUT2D eigenvalue weighted by atomic mass is 9.67. The Morgan fingerprint density at radius 3 is 0.919 bits per heavy atom. The quantitative estimate of drug-likeness (QED) is 0.0774. The number of hydrogen-bond donors (Lipinski definition) is 4. The Bertz CT molecular complexity index is 3900. The Hall–Kier alpha value is -6.06. The summed E-state index contributed by atoms with van der Waals surface area (Å²) in [7, 11) is 9.78. The largest absolute Gasteiger partial charge is 0.388 e. The Kier molecular flexibility index (Phi) is 24.2. The lowest BCUT2D eigenvalue weighted by Crippen LogP contribution is -2.59. The number of rotatable bonds is 21. The van der Waals surface area contributed by atoms with Crippen LogP contribution in [0.2, 0.25) is 0 Å². The number of aliphatic hydroxyl groups is 3. The number of thioether (sulfide) groups is 1. The molecular formula is C86H132N12O11S2. The Balaban J connectivity index is 0.000000155. The summed E-state index contributed by atoms with van der Waals surface area (Å²) in [4.78, 5) is 103. The highest BCUT2D eigenvalue weighted by atomic mass is 32.2. The second-order valence-corrected chi connectivity index (χ2v) is 41.9. The smallest absolute Gasteiger partial charge is 0.320 e. The summed E-state index contributed by atoms with van der Waals surface area (Å²) < 4.78 is 23.8. The van der Waals surface area contributed by atoms with E-state index in [9.17, 15) is 52.5 Å². The summed E-state index contributed by atoms with van der Waals surface area (Å²) in [6.45, 7) is 17.1. The summed E-state index contributed by atoms with van der Waals surface area (Å²) in [6.07, 6.45) is 18.1. The molecule has 14 rings (SSSR count). The van der Waals surface area contributed by atoms with Crippen molar-refractivity contribution >= 4 is 57.4 Å². The molecule has 5 N–H and O–H groups in total. The molecule has 6 saturated carbocycles. The molecule has 614 valence electrons. The number of carbonyl (C=O) groups is 6. The van der Waals surface area contributed by atoms with E-state index < -0.39 is 54.3 Å². The highest BCUT2D eigenvalue weighted by Crippen LogP contribution is 2.55. The SMILES string of the molecule is CN(C)C1(c2ccccc2)CCC2(CC1)CN(CC(C)(C)C(=O)N1CCS(=O)(=O)CC1)C(=O)N2CC1(O)CCC1.CN(C)C1(c2ccccc2)CCC2(CC1)CN(CC(C)(C)C(=O)N1CCSCC1)C(=O)N2CC1(O)CCC1.CN(C)C1(c2ccccc2)CCC2(CC1)CN(CC(C)(C)C(N)=O)C(=O)N2CC1(O)CCC1. The summed E-state index contributed by atoms with van der Waals surface area (Å²) in [5.41, 5.74) is 3.58. The fourth-order valence-electron chi connectivity index (χ4n) is 20.9. The average Bonchev–Trinajstić information content (AvgIpc) is 1.61. The van der Waals surface area contributed by atoms with Gasteiger partial charge < -0.3 is 60.3 Å². The van der Waals surface area contributed by atoms with Gasteiger partial charge in [-0.3, -0.25) is 29.1 Å². The number of nitrogens with two attached hydrogens (primary N) is 1. The zero-order valence-electron chi connectivity index (χ0n) is 69.0. The summed E-state index contributed by atoms with van der Waals surface area (Å²) in [5.74, 6) is 1.57. The minimum atomic E-state index is -3.09. The highest BCUT2D eigenvalue weighted by Gasteiger charge is 2.62. The van der Waals surface area contributed by atoms with Gasteiger partial charge in [-0.15, -0.1) is 0 Å². The third-order valence-electron chi connectivity index (χ3n) is 28.9. The number of urea groups is 3. The maximum atomic E-state index is 14.0. The van der Waals surface area contributed by atoms with Gasteiger partial charge in [0.05, 0.1) is 80.8 Å². The van der Waals surface area contributed by atoms with E-state index in [0.717, 1.165) is 147 Å². The molecule has 0 radical (unpaired) electrons. The molecule has 0 bridgehead atoms. The molecule has 25 heteroatoms. The number of carbonyl (C=O) groups excluding carboxylic acids is 6. The number of benzene rings is 3. The van der Waals surface area contributed by atoms with Gasteiger partial charge in [0.2, 0.25) is 17.7 Å². The van der Waals surface area contributed by atoms with Crippen LogP contribution in [0.1, 0.15) is 193 Å². The molecule has 0 unspecified atom stereocenters. The van der Waals surface area contributed by atoms with Crippen LogP contribution in [0.3, 0.4) is 0 Å². The standard InChI is InChI=1S/C30H46N4O5S.C30H46N4O3S.C26H40N4O3/c1-27(2,25(35)32-17-19-40(38,39)20-18-32)21-33-22-28(34(26(33)36)23-29(37)11-8-12-29)13-15-30(16-14-28,31(3)4)24-9-6-5-7-10-24;1-27(2,25(35)32-17-19-38-20-18-32)21-33-22-28(34(26(33)36)23-29(37)11-8-12-29)13-15-30(16-14-28,31(3)4)24-9-6-5-7-10-24;1-23(2,21(27)31)17-29-18-24(30(22(29)32)19-25(33)11-8-12-25)13-15-26(16-14-24,28(3)4)20-9-6-5-7-10-20/h5-7,9-10,37H,8,11-23H2,1-4H3;5-7,9-10,37H,8,11-23H2,1-4H3;5-7,9-10,33H,8,11-19H2,1-4H3,(H2,27,31). The number of sulfone groups is 1. The van der Waals surface area contributed by atoms with Crippen LogP contribution in [0.15, 0.2) is 91.0 Å². The van der Waals surface area contributed by atoms with Crippen molar-refractivity contribution in [1.82, 2.24) is 53.9 Å². The molecular weight excluding hydrogens is 1440 g/mol. The second kappa shape index (κ2) is 31.9. The van der Waals surface area contributed by atoms with Crippen molar-refractivity contribution in [3.8, 4) is 0 Å². The molecule has 111 heavy (non-hydrogen) atoms. The van der Waals surface area contributed by atoms with Crippen molar-refractivity contribution in [1.29, 1.82) is 0 Å². The minimum absolute atomic E-state index is 0.00235. The molecule has 0 aromatic heterocycles. The summed E-state index contributed by atoms with van der Waals surface area (Å²) >= 11 is 1.90. The Labute approximate surface area is 666 Å². The Morgan fingerprint density at radius 2 is 0.676 bits per heavy atom. The van der Waals surface area contributed by atoms with E-state index in [1.165, 1.54) is 16.7 Å². The Morgan fingerprint density at radius 1 is 0.414 bits per heavy atom. The highest BCUT2D eigenvalue weighted by molar-refractivity contribution is 7.99. The predicted octanol–water partition coefficient (Wildman–Crippen LogP) is 9.62. The maximum absolute atomic E-state index is 14.0. The van der Waals surface area contributed by atoms with Crippen LogP contribution in [0.25, 0.3) is 0 Å². The van der Waals surface area contributed by atoms with E-state index in [1.54, 1.807) is 23.6 Å². The molecule has 3 aromatic carbocycles. The molecule has 5 saturated heterocycles. The van der Waals surface area contributed by atoms with Crippen LogP contribution in [-0.2, 0) is 40.8 Å². The molecule has 3 spiro atoms. The average molecular weight is 1570 g/mol. The monoisotopic (exact) mass is 1570 g/mol. The van der Waals surface area contributed by atoms with Crippen molar-refractivity contribution in [2.75, 3.05) is 150 Å². The van der Waals surface area contributed by atoms with Gasteiger partial charge in [-0.25, -0.2) is 22.8 Å². The number of amides is 9. The fourth-order valence-corrected chi connectivity index (χ4v) is 23.0. The summed E-state index contributed by atoms with van der Waals surface area (Å²) in [5, 5.41) is 33.3. The van der Waals surface area contributed by atoms with Gasteiger partial charge >= 0.3 is 18.1 Å². The van der Waals surface area contributed by atoms with Crippen molar-refractivity contribution in [3.05, 3.63) is 108 Å². The number of hydrogen-bond acceptors (Lipinski definition) is 15. The van der Waals surface area contributed by atoms with Gasteiger partial charge in [0, 0.05) is 93.6 Å². The van der Waals surface area contributed by atoms with Crippen LogP contribution in [0, 0.1) is 16.2 Å². The van der Waals surface area contributed by atoms with Crippen LogP contribution in [-0.4, -0.2) is 297 Å². The van der Waals surface area contributed by atoms with Crippen molar-refractivity contribution in [2.24, 2.45) is 22.0 Å². The van der Waals surface area contributed by atoms with Crippen LogP contribution in [0.4, 0.5) is 14.4 Å². The first kappa shape index (κ1) is 84.3. The topological polar surface area (TPSA) is 259 Å². The maximum Gasteiger partial charge on any atom is 0.320 e. The molecule has 23 nitrogen and oxygen atoms in total. The second-order valence-electron chi connectivity index (χ2n) is 38.3. The van der Waals surface area contributed by atoms with Gasteiger partial charge in [-0.2, -0.15) is 11.8 Å². The van der Waals surface area contributed by atoms with Crippen molar-refractivity contribution in [3.63, 3.8) is 0 Å². The number of nitrogens with zero attached hydrogens (tertiary/aromatic N) is 11. The van der Waals surface area contributed by atoms with E-state index in [1.807, 2.05) is 81.0 Å². The van der Waals surface area contributed by atoms with Gasteiger partial charge in [0.25, 0.3) is 0 Å². The van der Waals surface area contributed by atoms with E-state index in [-0.39, 0.29) is 88.7 Å². The van der Waals surface area contributed by atoms with Gasteiger partial charge in [0.15, 0.2) is 9.84 Å². The summed E-state index contributed by atoms with van der Waals surface area (Å²) in [6, 6.07) is 31.8. The predicted molar refractivity (Wildman–Crippen MR) is 436 cm³/mol. The molecule has 9 amide bonds. The van der Waals surface area contributed by atoms with Gasteiger partial charge in [-0.05, 0) is 235 Å². The van der Waals surface area contributed by atoms with Gasteiger partial charge in [-0.1, -0.05) is 91.0 Å². The number of primary amides is 1. The third-order valence-corrected chi connectivity index (χ3v) is 31.5. The minimum Gasteiger partial charge on any atom is -0.388 e. The van der Waals surface area contributed by atoms with Crippen molar-refractivity contribution in [2.45, 2.75) is 226 Å². The molecule has 0 atom stereocenters.